The van der Waals surface area contributed by atoms with Gasteiger partial charge in [-0.25, -0.2) is 4.79 Å². The number of rotatable bonds is 10. The third-order valence-corrected chi connectivity index (χ3v) is 4.63. The van der Waals surface area contributed by atoms with Gasteiger partial charge in [0.2, 0.25) is 0 Å². The maximum atomic E-state index is 12.3. The molecule has 0 fully saturated rings. The molecule has 0 radical (unpaired) electrons. The average molecular weight is 466 g/mol. The van der Waals surface area contributed by atoms with E-state index >= 15 is 0 Å². The van der Waals surface area contributed by atoms with Crippen LogP contribution in [-0.4, -0.2) is 39.4 Å². The molecule has 2 aromatic carbocycles. The van der Waals surface area contributed by atoms with Crippen LogP contribution in [-0.2, 0) is 26.5 Å². The Kier molecular flexibility index (Phi) is 7.23. The molecule has 10 nitrogen and oxygen atoms in total. The number of benzene rings is 2. The van der Waals surface area contributed by atoms with Crippen LogP contribution >= 0.6 is 0 Å². The lowest BCUT2D eigenvalue weighted by atomic mass is 10.1. The Morgan fingerprint density at radius 3 is 2.59 bits per heavy atom. The van der Waals surface area contributed by atoms with E-state index in [1.165, 1.54) is 19.2 Å². The first-order valence-electron chi connectivity index (χ1n) is 9.46. The Morgan fingerprint density at radius 2 is 1.91 bits per heavy atom. The van der Waals surface area contributed by atoms with Crippen LogP contribution in [0.3, 0.4) is 0 Å². The molecule has 1 heterocycles. The predicted octanol–water partition coefficient (Wildman–Crippen LogP) is 3.66. The second kappa shape index (κ2) is 9.90. The molecule has 0 saturated carbocycles. The molecular weight excluding hydrogens is 444 g/mol. The zero-order valence-corrected chi connectivity index (χ0v) is 18.4. The number of carbonyl (C=O) groups excluding carboxylic acids is 1. The summed E-state index contributed by atoms with van der Waals surface area (Å²) in [7, 11) is -3.36. The van der Waals surface area contributed by atoms with E-state index in [9.17, 15) is 17.8 Å². The van der Waals surface area contributed by atoms with Gasteiger partial charge in [-0.1, -0.05) is 12.1 Å². The highest BCUT2D eigenvalue weighted by atomic mass is 32.3. The van der Waals surface area contributed by atoms with Gasteiger partial charge in [0, 0.05) is 18.6 Å². The van der Waals surface area contributed by atoms with Crippen molar-refractivity contribution in [3.63, 3.8) is 0 Å². The quantitative estimate of drug-likeness (QED) is 0.268. The number of esters is 1. The fourth-order valence-corrected chi connectivity index (χ4v) is 3.35. The number of aryl methyl sites for hydroxylation is 1. The molecule has 0 aliphatic carbocycles. The second-order valence-corrected chi connectivity index (χ2v) is 7.57. The minimum atomic E-state index is -4.87. The monoisotopic (exact) mass is 466 g/mol. The lowest BCUT2D eigenvalue weighted by molar-refractivity contribution is 0.0509. The average Bonchev–Trinajstić information content (AvgIpc) is 3.04. The fraction of sp³-hybridized carbons (Fsp3) is 0.286. The van der Waals surface area contributed by atoms with E-state index in [2.05, 4.69) is 4.18 Å². The molecule has 1 N–H and O–H groups in total. The zero-order chi connectivity index (χ0) is 23.3. The summed E-state index contributed by atoms with van der Waals surface area (Å²) in [6, 6.07) is 9.60. The molecular formula is C21H22O10S. The SMILES string of the molecule is CCOC(=O)c1c(C)oc2cc(OCc3cccc(OCOC)c3)c(OS(=O)(=O)O)cc12. The first-order valence-corrected chi connectivity index (χ1v) is 10.8. The van der Waals surface area contributed by atoms with E-state index in [4.69, 9.17) is 23.4 Å². The molecule has 172 valence electrons. The molecule has 0 bridgehead atoms. The van der Waals surface area contributed by atoms with Crippen LogP contribution < -0.4 is 13.7 Å². The lowest BCUT2D eigenvalue weighted by Crippen LogP contribution is -2.09. The highest BCUT2D eigenvalue weighted by Gasteiger charge is 2.24. The summed E-state index contributed by atoms with van der Waals surface area (Å²) >= 11 is 0. The van der Waals surface area contributed by atoms with E-state index in [1.807, 2.05) is 0 Å². The normalized spacial score (nSPS) is 11.4. The summed E-state index contributed by atoms with van der Waals surface area (Å²) in [5, 5.41) is 0.252. The highest BCUT2D eigenvalue weighted by Crippen LogP contribution is 2.38. The van der Waals surface area contributed by atoms with Gasteiger partial charge >= 0.3 is 16.4 Å². The number of hydrogen-bond acceptors (Lipinski definition) is 9. The van der Waals surface area contributed by atoms with Crippen molar-refractivity contribution < 1.29 is 45.3 Å². The molecule has 0 atom stereocenters. The van der Waals surface area contributed by atoms with Gasteiger partial charge in [-0.15, -0.1) is 0 Å². The summed E-state index contributed by atoms with van der Waals surface area (Å²) in [5.41, 5.74) is 1.08. The molecule has 32 heavy (non-hydrogen) atoms. The summed E-state index contributed by atoms with van der Waals surface area (Å²) in [6.07, 6.45) is 0. The van der Waals surface area contributed by atoms with E-state index in [0.29, 0.717) is 11.3 Å². The van der Waals surface area contributed by atoms with E-state index < -0.39 is 16.4 Å². The summed E-state index contributed by atoms with van der Waals surface area (Å²) < 4.78 is 63.2. The van der Waals surface area contributed by atoms with Gasteiger partial charge in [0.15, 0.2) is 18.3 Å². The van der Waals surface area contributed by atoms with Crippen molar-refractivity contribution in [2.24, 2.45) is 0 Å². The van der Waals surface area contributed by atoms with E-state index in [1.54, 1.807) is 38.1 Å². The van der Waals surface area contributed by atoms with Gasteiger partial charge in [0.25, 0.3) is 0 Å². The van der Waals surface area contributed by atoms with Crippen LogP contribution in [0.2, 0.25) is 0 Å². The Bertz CT molecular complexity index is 1210. The first-order chi connectivity index (χ1) is 15.2. The zero-order valence-electron chi connectivity index (χ0n) is 17.6. The van der Waals surface area contributed by atoms with Crippen molar-refractivity contribution in [2.45, 2.75) is 20.5 Å². The molecule has 0 unspecified atom stereocenters. The Morgan fingerprint density at radius 1 is 1.12 bits per heavy atom. The third-order valence-electron chi connectivity index (χ3n) is 4.24. The summed E-state index contributed by atoms with van der Waals surface area (Å²) in [4.78, 5) is 12.3. The molecule has 0 aliphatic heterocycles. The number of furan rings is 1. The van der Waals surface area contributed by atoms with Gasteiger partial charge in [-0.05, 0) is 37.6 Å². The minimum Gasteiger partial charge on any atom is -0.485 e. The minimum absolute atomic E-state index is 0.0158. The number of carbonyl (C=O) groups is 1. The lowest BCUT2D eigenvalue weighted by Gasteiger charge is -2.12. The Balaban J connectivity index is 1.96. The molecule has 0 aliphatic rings. The van der Waals surface area contributed by atoms with Crippen LogP contribution in [0, 0.1) is 6.92 Å². The molecule has 0 spiro atoms. The molecule has 11 heteroatoms. The van der Waals surface area contributed by atoms with Crippen molar-refractivity contribution in [2.75, 3.05) is 20.5 Å². The van der Waals surface area contributed by atoms with Crippen molar-refractivity contribution >= 4 is 27.3 Å². The maximum Gasteiger partial charge on any atom is 0.446 e. The third kappa shape index (κ3) is 5.69. The van der Waals surface area contributed by atoms with Gasteiger partial charge in [-0.2, -0.15) is 8.42 Å². The molecule has 3 rings (SSSR count). The summed E-state index contributed by atoms with van der Waals surface area (Å²) in [5.74, 6) is -0.154. The Labute approximate surface area is 184 Å². The van der Waals surface area contributed by atoms with E-state index in [0.717, 1.165) is 0 Å². The van der Waals surface area contributed by atoms with Crippen molar-refractivity contribution in [1.29, 1.82) is 0 Å². The first kappa shape index (κ1) is 23.4. The van der Waals surface area contributed by atoms with Gasteiger partial charge in [0.05, 0.1) is 6.61 Å². The van der Waals surface area contributed by atoms with Crippen LogP contribution in [0.5, 0.6) is 17.2 Å². The maximum absolute atomic E-state index is 12.3. The standard InChI is InChI=1S/C21H22O10S/c1-4-27-21(22)20-13(2)30-17-10-18(19(9-16(17)20)31-32(23,24)25)28-11-14-6-5-7-15(8-14)29-12-26-3/h5-10H,4,11-12H2,1-3H3,(H,23,24,25). The molecule has 0 amide bonds. The van der Waals surface area contributed by atoms with Crippen molar-refractivity contribution in [3.05, 3.63) is 53.3 Å². The largest absolute Gasteiger partial charge is 0.485 e. The highest BCUT2D eigenvalue weighted by molar-refractivity contribution is 7.81. The van der Waals surface area contributed by atoms with Crippen LogP contribution in [0.1, 0.15) is 28.6 Å². The van der Waals surface area contributed by atoms with Crippen LogP contribution in [0.15, 0.2) is 40.8 Å². The number of ether oxygens (including phenoxy) is 4. The molecule has 3 aromatic rings. The number of fused-ring (bicyclic) bond motifs is 1. The molecule has 0 saturated heterocycles. The van der Waals surface area contributed by atoms with Gasteiger partial charge in [-0.3, -0.25) is 4.55 Å². The summed E-state index contributed by atoms with van der Waals surface area (Å²) in [6.45, 7) is 3.47. The van der Waals surface area contributed by atoms with Crippen LogP contribution in [0.4, 0.5) is 0 Å². The Hall–Kier alpha value is -3.28. The van der Waals surface area contributed by atoms with Crippen molar-refractivity contribution in [3.8, 4) is 17.2 Å². The fourth-order valence-electron chi connectivity index (χ4n) is 2.99. The predicted molar refractivity (Wildman–Crippen MR) is 112 cm³/mol. The number of methoxy groups -OCH3 is 1. The van der Waals surface area contributed by atoms with Crippen LogP contribution in [0.25, 0.3) is 11.0 Å². The van der Waals surface area contributed by atoms with Gasteiger partial charge < -0.3 is 27.5 Å². The van der Waals surface area contributed by atoms with E-state index in [-0.39, 0.29) is 53.8 Å². The second-order valence-electron chi connectivity index (χ2n) is 6.55. The molecule has 1 aromatic heterocycles. The van der Waals surface area contributed by atoms with Crippen molar-refractivity contribution in [1.82, 2.24) is 0 Å². The smallest absolute Gasteiger partial charge is 0.446 e. The number of hydrogen-bond donors (Lipinski definition) is 1. The topological polar surface area (TPSA) is 131 Å². The van der Waals surface area contributed by atoms with Gasteiger partial charge in [0.1, 0.15) is 29.3 Å².